The summed E-state index contributed by atoms with van der Waals surface area (Å²) in [6.07, 6.45) is -0.757. The van der Waals surface area contributed by atoms with Gasteiger partial charge in [-0.1, -0.05) is 30.3 Å². The van der Waals surface area contributed by atoms with Crippen molar-refractivity contribution >= 4 is 17.9 Å². The summed E-state index contributed by atoms with van der Waals surface area (Å²) in [5.74, 6) is 0.345. The molecule has 1 unspecified atom stereocenters. The van der Waals surface area contributed by atoms with Gasteiger partial charge in [0.2, 0.25) is 0 Å². The standard InChI is InChI=1S/C18H20N2O4/c1-3-23-18(22)24-16-11-9-15(10-12-16)20-17(21)19-13(2)14-7-5-4-6-8-14/h4-13H,3H2,1-2H3,(H2,19,20,21). The van der Waals surface area contributed by atoms with Crippen molar-refractivity contribution in [3.05, 3.63) is 60.2 Å². The molecule has 0 aromatic heterocycles. The van der Waals surface area contributed by atoms with Crippen LogP contribution in [0.15, 0.2) is 54.6 Å². The Labute approximate surface area is 140 Å². The van der Waals surface area contributed by atoms with Crippen LogP contribution in [-0.2, 0) is 4.74 Å². The second kappa shape index (κ2) is 8.57. The lowest BCUT2D eigenvalue weighted by Gasteiger charge is -2.15. The van der Waals surface area contributed by atoms with E-state index in [-0.39, 0.29) is 18.7 Å². The first-order valence-corrected chi connectivity index (χ1v) is 7.65. The molecule has 2 aromatic rings. The van der Waals surface area contributed by atoms with Crippen LogP contribution in [0.1, 0.15) is 25.5 Å². The van der Waals surface area contributed by atoms with E-state index in [2.05, 4.69) is 15.4 Å². The fourth-order valence-corrected chi connectivity index (χ4v) is 2.04. The Bertz CT molecular complexity index is 671. The quantitative estimate of drug-likeness (QED) is 0.640. The lowest BCUT2D eigenvalue weighted by Crippen LogP contribution is -2.31. The van der Waals surface area contributed by atoms with Crippen LogP contribution in [-0.4, -0.2) is 18.8 Å². The summed E-state index contributed by atoms with van der Waals surface area (Å²) in [5, 5.41) is 5.58. The second-order valence-corrected chi connectivity index (χ2v) is 5.04. The number of hydrogen-bond acceptors (Lipinski definition) is 4. The second-order valence-electron chi connectivity index (χ2n) is 5.04. The maximum Gasteiger partial charge on any atom is 0.513 e. The Morgan fingerprint density at radius 1 is 1.04 bits per heavy atom. The molecule has 0 aliphatic heterocycles. The van der Waals surface area contributed by atoms with Crippen LogP contribution in [0.25, 0.3) is 0 Å². The third kappa shape index (κ3) is 5.31. The number of benzene rings is 2. The molecule has 2 rings (SSSR count). The predicted octanol–water partition coefficient (Wildman–Crippen LogP) is 4.10. The van der Waals surface area contributed by atoms with Gasteiger partial charge in [0, 0.05) is 5.69 Å². The van der Waals surface area contributed by atoms with Crippen LogP contribution in [0.5, 0.6) is 5.75 Å². The summed E-state index contributed by atoms with van der Waals surface area (Å²) >= 11 is 0. The maximum absolute atomic E-state index is 12.0. The fraction of sp³-hybridized carbons (Fsp3) is 0.222. The number of rotatable bonds is 5. The van der Waals surface area contributed by atoms with E-state index in [0.717, 1.165) is 5.56 Å². The fourth-order valence-electron chi connectivity index (χ4n) is 2.04. The summed E-state index contributed by atoms with van der Waals surface area (Å²) < 4.78 is 9.63. The number of nitrogens with one attached hydrogen (secondary N) is 2. The maximum atomic E-state index is 12.0. The van der Waals surface area contributed by atoms with E-state index >= 15 is 0 Å². The van der Waals surface area contributed by atoms with Gasteiger partial charge in [0.05, 0.1) is 12.6 Å². The van der Waals surface area contributed by atoms with Crippen molar-refractivity contribution in [1.82, 2.24) is 5.32 Å². The average Bonchev–Trinajstić information content (AvgIpc) is 2.57. The molecule has 2 N–H and O–H groups in total. The molecular formula is C18H20N2O4. The number of urea groups is 1. The first kappa shape index (κ1) is 17.3. The van der Waals surface area contributed by atoms with E-state index in [1.165, 1.54) is 0 Å². The van der Waals surface area contributed by atoms with E-state index < -0.39 is 6.16 Å². The Morgan fingerprint density at radius 3 is 2.33 bits per heavy atom. The summed E-state index contributed by atoms with van der Waals surface area (Å²) in [5.41, 5.74) is 1.61. The number of ether oxygens (including phenoxy) is 2. The lowest BCUT2D eigenvalue weighted by molar-refractivity contribution is 0.104. The zero-order chi connectivity index (χ0) is 17.4. The van der Waals surface area contributed by atoms with Crippen molar-refractivity contribution in [2.24, 2.45) is 0 Å². The van der Waals surface area contributed by atoms with Crippen molar-refractivity contribution in [3.63, 3.8) is 0 Å². The van der Waals surface area contributed by atoms with Gasteiger partial charge in [-0.05, 0) is 43.7 Å². The average molecular weight is 328 g/mol. The first-order chi connectivity index (χ1) is 11.6. The van der Waals surface area contributed by atoms with Gasteiger partial charge in [-0.25, -0.2) is 9.59 Å². The number of carbonyl (C=O) groups is 2. The smallest absolute Gasteiger partial charge is 0.434 e. The molecule has 0 saturated heterocycles. The summed E-state index contributed by atoms with van der Waals surface area (Å²) in [4.78, 5) is 23.2. The molecule has 0 fully saturated rings. The zero-order valence-corrected chi connectivity index (χ0v) is 13.6. The molecule has 0 aliphatic rings. The minimum Gasteiger partial charge on any atom is -0.434 e. The highest BCUT2D eigenvalue weighted by molar-refractivity contribution is 5.89. The first-order valence-electron chi connectivity index (χ1n) is 7.65. The SMILES string of the molecule is CCOC(=O)Oc1ccc(NC(=O)NC(C)c2ccccc2)cc1. The zero-order valence-electron chi connectivity index (χ0n) is 13.6. The van der Waals surface area contributed by atoms with Crippen LogP contribution in [0.3, 0.4) is 0 Å². The van der Waals surface area contributed by atoms with Gasteiger partial charge < -0.3 is 20.1 Å². The highest BCUT2D eigenvalue weighted by Crippen LogP contribution is 2.17. The number of hydrogen-bond donors (Lipinski definition) is 2. The Hall–Kier alpha value is -3.02. The Morgan fingerprint density at radius 2 is 1.71 bits per heavy atom. The van der Waals surface area contributed by atoms with Gasteiger partial charge in [0.25, 0.3) is 0 Å². The molecule has 0 bridgehead atoms. The van der Waals surface area contributed by atoms with E-state index in [9.17, 15) is 9.59 Å². The third-order valence-corrected chi connectivity index (χ3v) is 3.22. The minimum absolute atomic E-state index is 0.113. The van der Waals surface area contributed by atoms with Gasteiger partial charge in [-0.3, -0.25) is 0 Å². The largest absolute Gasteiger partial charge is 0.513 e. The third-order valence-electron chi connectivity index (χ3n) is 3.22. The highest BCUT2D eigenvalue weighted by Gasteiger charge is 2.09. The lowest BCUT2D eigenvalue weighted by atomic mass is 10.1. The number of amides is 2. The molecule has 0 radical (unpaired) electrons. The molecule has 0 heterocycles. The van der Waals surface area contributed by atoms with E-state index in [1.807, 2.05) is 37.3 Å². The Balaban J connectivity index is 1.86. The molecule has 0 aliphatic carbocycles. The molecule has 6 heteroatoms. The van der Waals surface area contributed by atoms with Crippen LogP contribution in [0.2, 0.25) is 0 Å². The van der Waals surface area contributed by atoms with Crippen molar-refractivity contribution in [3.8, 4) is 5.75 Å². The molecule has 2 amide bonds. The van der Waals surface area contributed by atoms with Crippen molar-refractivity contribution in [2.75, 3.05) is 11.9 Å². The number of anilines is 1. The summed E-state index contributed by atoms with van der Waals surface area (Å²) in [6, 6.07) is 15.7. The van der Waals surface area contributed by atoms with E-state index in [1.54, 1.807) is 31.2 Å². The molecule has 24 heavy (non-hydrogen) atoms. The van der Waals surface area contributed by atoms with E-state index in [4.69, 9.17) is 4.74 Å². The highest BCUT2D eigenvalue weighted by atomic mass is 16.7. The van der Waals surface area contributed by atoms with Gasteiger partial charge >= 0.3 is 12.2 Å². The molecular weight excluding hydrogens is 308 g/mol. The van der Waals surface area contributed by atoms with Gasteiger partial charge in [0.15, 0.2) is 0 Å². The van der Waals surface area contributed by atoms with Crippen molar-refractivity contribution in [2.45, 2.75) is 19.9 Å². The molecule has 0 spiro atoms. The van der Waals surface area contributed by atoms with Crippen molar-refractivity contribution < 1.29 is 19.1 Å². The molecule has 0 saturated carbocycles. The molecule has 126 valence electrons. The van der Waals surface area contributed by atoms with Gasteiger partial charge in [-0.2, -0.15) is 0 Å². The predicted molar refractivity (Wildman–Crippen MR) is 91.1 cm³/mol. The summed E-state index contributed by atoms with van der Waals surface area (Å²) in [7, 11) is 0. The van der Waals surface area contributed by atoms with Gasteiger partial charge in [0.1, 0.15) is 5.75 Å². The Kier molecular flexibility index (Phi) is 6.19. The van der Waals surface area contributed by atoms with Gasteiger partial charge in [-0.15, -0.1) is 0 Å². The normalized spacial score (nSPS) is 11.2. The van der Waals surface area contributed by atoms with E-state index in [0.29, 0.717) is 11.4 Å². The number of carbonyl (C=O) groups excluding carboxylic acids is 2. The topological polar surface area (TPSA) is 76.7 Å². The van der Waals surface area contributed by atoms with Crippen LogP contribution in [0.4, 0.5) is 15.3 Å². The van der Waals surface area contributed by atoms with Crippen LogP contribution < -0.4 is 15.4 Å². The molecule has 1 atom stereocenters. The monoisotopic (exact) mass is 328 g/mol. The van der Waals surface area contributed by atoms with Crippen molar-refractivity contribution in [1.29, 1.82) is 0 Å². The minimum atomic E-state index is -0.757. The molecule has 2 aromatic carbocycles. The summed E-state index contributed by atoms with van der Waals surface area (Å²) in [6.45, 7) is 3.85. The van der Waals surface area contributed by atoms with Crippen LogP contribution >= 0.6 is 0 Å². The van der Waals surface area contributed by atoms with Crippen LogP contribution in [0, 0.1) is 0 Å². The molecule has 6 nitrogen and oxygen atoms in total.